The van der Waals surface area contributed by atoms with Crippen molar-refractivity contribution in [2.75, 3.05) is 18.4 Å². The minimum Gasteiger partial charge on any atom is -0.383 e. The van der Waals surface area contributed by atoms with Crippen molar-refractivity contribution in [2.45, 2.75) is 12.8 Å². The van der Waals surface area contributed by atoms with Crippen LogP contribution in [0.5, 0.6) is 0 Å². The van der Waals surface area contributed by atoms with Crippen LogP contribution in [-0.2, 0) is 4.79 Å². The summed E-state index contributed by atoms with van der Waals surface area (Å²) in [6.45, 7) is 1.07. The van der Waals surface area contributed by atoms with Gasteiger partial charge in [-0.05, 0) is 18.9 Å². The molecule has 6 nitrogen and oxygen atoms in total. The lowest BCUT2D eigenvalue weighted by Crippen LogP contribution is -2.30. The molecule has 0 aromatic carbocycles. The van der Waals surface area contributed by atoms with E-state index in [-0.39, 0.29) is 11.8 Å². The first-order valence-electron chi connectivity index (χ1n) is 5.94. The minimum absolute atomic E-state index is 0.113. The third-order valence-corrected chi connectivity index (χ3v) is 2.77. The van der Waals surface area contributed by atoms with Crippen molar-refractivity contribution in [3.05, 3.63) is 24.0 Å². The molecule has 1 aliphatic carbocycles. The fourth-order valence-electron chi connectivity index (χ4n) is 1.62. The Bertz CT molecular complexity index is 457. The van der Waals surface area contributed by atoms with Gasteiger partial charge in [0.2, 0.25) is 5.91 Å². The summed E-state index contributed by atoms with van der Waals surface area (Å²) in [5.41, 5.74) is 6.22. The zero-order chi connectivity index (χ0) is 13.0. The van der Waals surface area contributed by atoms with Gasteiger partial charge in [0.15, 0.2) is 0 Å². The van der Waals surface area contributed by atoms with Crippen molar-refractivity contribution in [1.29, 1.82) is 0 Å². The van der Waals surface area contributed by atoms with E-state index in [1.54, 1.807) is 12.3 Å². The van der Waals surface area contributed by atoms with Crippen LogP contribution in [0, 0.1) is 5.92 Å². The normalized spacial score (nSPS) is 14.0. The van der Waals surface area contributed by atoms with E-state index in [1.165, 1.54) is 6.20 Å². The second-order valence-corrected chi connectivity index (χ2v) is 4.28. The van der Waals surface area contributed by atoms with Gasteiger partial charge in [-0.1, -0.05) is 0 Å². The van der Waals surface area contributed by atoms with E-state index in [9.17, 15) is 9.59 Å². The van der Waals surface area contributed by atoms with E-state index in [4.69, 9.17) is 5.73 Å². The largest absolute Gasteiger partial charge is 0.383 e. The Hall–Kier alpha value is -2.11. The molecular weight excluding hydrogens is 232 g/mol. The number of pyridine rings is 1. The molecule has 4 N–H and O–H groups in total. The van der Waals surface area contributed by atoms with Gasteiger partial charge in [0, 0.05) is 31.4 Å². The van der Waals surface area contributed by atoms with Gasteiger partial charge in [0.1, 0.15) is 0 Å². The van der Waals surface area contributed by atoms with Crippen molar-refractivity contribution < 1.29 is 9.59 Å². The molecule has 0 radical (unpaired) electrons. The first kappa shape index (κ1) is 12.3. The van der Waals surface area contributed by atoms with Gasteiger partial charge in [-0.25, -0.2) is 0 Å². The summed E-state index contributed by atoms with van der Waals surface area (Å²) in [7, 11) is 0. The molecule has 0 spiro atoms. The van der Waals surface area contributed by atoms with Gasteiger partial charge >= 0.3 is 0 Å². The van der Waals surface area contributed by atoms with Crippen LogP contribution < -0.4 is 16.4 Å². The molecule has 18 heavy (non-hydrogen) atoms. The molecular formula is C12H16N4O2. The number of nitrogens with two attached hydrogens (primary N) is 1. The Morgan fingerprint density at radius 3 is 2.83 bits per heavy atom. The van der Waals surface area contributed by atoms with Crippen LogP contribution in [0.25, 0.3) is 0 Å². The number of nitrogens with zero attached hydrogens (tertiary/aromatic N) is 1. The highest BCUT2D eigenvalue weighted by Crippen LogP contribution is 2.28. The fourth-order valence-corrected chi connectivity index (χ4v) is 1.62. The van der Waals surface area contributed by atoms with Gasteiger partial charge in [0.05, 0.1) is 11.3 Å². The highest BCUT2D eigenvalue weighted by Gasteiger charge is 2.28. The van der Waals surface area contributed by atoms with Crippen molar-refractivity contribution in [3.8, 4) is 0 Å². The van der Waals surface area contributed by atoms with Gasteiger partial charge in [-0.2, -0.15) is 0 Å². The van der Waals surface area contributed by atoms with E-state index < -0.39 is 5.91 Å². The van der Waals surface area contributed by atoms with Gasteiger partial charge < -0.3 is 16.4 Å². The molecule has 0 unspecified atom stereocenters. The summed E-state index contributed by atoms with van der Waals surface area (Å²) in [5, 5.41) is 5.88. The third kappa shape index (κ3) is 3.19. The van der Waals surface area contributed by atoms with E-state index in [0.29, 0.717) is 24.3 Å². The van der Waals surface area contributed by atoms with E-state index in [2.05, 4.69) is 15.6 Å². The molecule has 1 fully saturated rings. The van der Waals surface area contributed by atoms with Crippen molar-refractivity contribution >= 4 is 17.5 Å². The zero-order valence-electron chi connectivity index (χ0n) is 9.98. The van der Waals surface area contributed by atoms with Crippen LogP contribution in [-0.4, -0.2) is 29.9 Å². The Labute approximate surface area is 105 Å². The number of carbonyl (C=O) groups excluding carboxylic acids is 2. The average molecular weight is 248 g/mol. The molecule has 1 aromatic rings. The van der Waals surface area contributed by atoms with Crippen LogP contribution in [0.3, 0.4) is 0 Å². The Kier molecular flexibility index (Phi) is 3.76. The minimum atomic E-state index is -0.521. The molecule has 6 heteroatoms. The number of primary amides is 1. The standard InChI is InChI=1S/C12H16N4O2/c13-11(17)9-7-14-4-3-10(9)15-5-6-16-12(18)8-1-2-8/h3-4,7-8H,1-2,5-6H2,(H2,13,17)(H,14,15)(H,16,18). The maximum absolute atomic E-state index is 11.4. The number of aromatic nitrogens is 1. The molecule has 1 heterocycles. The summed E-state index contributed by atoms with van der Waals surface area (Å²) < 4.78 is 0. The van der Waals surface area contributed by atoms with Crippen LogP contribution in [0.2, 0.25) is 0 Å². The topological polar surface area (TPSA) is 97.1 Å². The van der Waals surface area contributed by atoms with Crippen LogP contribution in [0.1, 0.15) is 23.2 Å². The number of carbonyl (C=O) groups is 2. The number of hydrogen-bond donors (Lipinski definition) is 3. The second kappa shape index (κ2) is 5.48. The molecule has 0 aliphatic heterocycles. The van der Waals surface area contributed by atoms with Crippen molar-refractivity contribution in [2.24, 2.45) is 11.7 Å². The number of anilines is 1. The third-order valence-electron chi connectivity index (χ3n) is 2.77. The smallest absolute Gasteiger partial charge is 0.252 e. The predicted molar refractivity (Wildman–Crippen MR) is 67.0 cm³/mol. The molecule has 0 atom stereocenters. The summed E-state index contributed by atoms with van der Waals surface area (Å²) in [6.07, 6.45) is 5.00. The Morgan fingerprint density at radius 2 is 2.17 bits per heavy atom. The summed E-state index contributed by atoms with van der Waals surface area (Å²) in [6, 6.07) is 1.68. The molecule has 0 bridgehead atoms. The van der Waals surface area contributed by atoms with Gasteiger partial charge in [-0.15, -0.1) is 0 Å². The lowest BCUT2D eigenvalue weighted by molar-refractivity contribution is -0.122. The molecule has 96 valence electrons. The van der Waals surface area contributed by atoms with Crippen LogP contribution in [0.15, 0.2) is 18.5 Å². The Balaban J connectivity index is 1.79. The van der Waals surface area contributed by atoms with E-state index >= 15 is 0 Å². The monoisotopic (exact) mass is 248 g/mol. The van der Waals surface area contributed by atoms with Crippen LogP contribution >= 0.6 is 0 Å². The lowest BCUT2D eigenvalue weighted by atomic mass is 10.2. The number of hydrogen-bond acceptors (Lipinski definition) is 4. The van der Waals surface area contributed by atoms with Gasteiger partial charge in [-0.3, -0.25) is 14.6 Å². The van der Waals surface area contributed by atoms with E-state index in [0.717, 1.165) is 12.8 Å². The highest BCUT2D eigenvalue weighted by atomic mass is 16.2. The van der Waals surface area contributed by atoms with Crippen molar-refractivity contribution in [1.82, 2.24) is 10.3 Å². The fraction of sp³-hybridized carbons (Fsp3) is 0.417. The number of rotatable bonds is 6. The summed E-state index contributed by atoms with van der Waals surface area (Å²) in [4.78, 5) is 26.3. The molecule has 2 amide bonds. The average Bonchev–Trinajstić information content (AvgIpc) is 3.19. The molecule has 1 aliphatic rings. The second-order valence-electron chi connectivity index (χ2n) is 4.28. The molecule has 1 aromatic heterocycles. The zero-order valence-corrected chi connectivity index (χ0v) is 9.98. The summed E-state index contributed by atoms with van der Waals surface area (Å²) in [5.74, 6) is -0.193. The van der Waals surface area contributed by atoms with Crippen molar-refractivity contribution in [3.63, 3.8) is 0 Å². The predicted octanol–water partition coefficient (Wildman–Crippen LogP) is 0.119. The molecule has 0 saturated heterocycles. The first-order valence-corrected chi connectivity index (χ1v) is 5.94. The van der Waals surface area contributed by atoms with Gasteiger partial charge in [0.25, 0.3) is 5.91 Å². The molecule has 2 rings (SSSR count). The first-order chi connectivity index (χ1) is 8.68. The lowest BCUT2D eigenvalue weighted by Gasteiger charge is -2.10. The number of amides is 2. The Morgan fingerprint density at radius 1 is 1.39 bits per heavy atom. The highest BCUT2D eigenvalue weighted by molar-refractivity contribution is 5.98. The van der Waals surface area contributed by atoms with E-state index in [1.807, 2.05) is 0 Å². The quantitative estimate of drug-likeness (QED) is 0.623. The summed E-state index contributed by atoms with van der Waals surface area (Å²) >= 11 is 0. The number of nitrogens with one attached hydrogen (secondary N) is 2. The van der Waals surface area contributed by atoms with Crippen LogP contribution in [0.4, 0.5) is 5.69 Å². The SMILES string of the molecule is NC(=O)c1cnccc1NCCNC(=O)C1CC1. The molecule has 1 saturated carbocycles. The maximum Gasteiger partial charge on any atom is 0.252 e. The maximum atomic E-state index is 11.4.